The zero-order chi connectivity index (χ0) is 4.99. The molecule has 0 radical (unpaired) electrons. The van der Waals surface area contributed by atoms with Crippen molar-refractivity contribution in [2.45, 2.75) is 19.8 Å². The van der Waals surface area contributed by atoms with Crippen molar-refractivity contribution in [1.82, 2.24) is 0 Å². The van der Waals surface area contributed by atoms with Crippen molar-refractivity contribution < 1.29 is 4.79 Å². The van der Waals surface area contributed by atoms with E-state index in [1.165, 1.54) is 0 Å². The number of amides is 1. The first-order chi connectivity index (χ1) is 2.77. The lowest BCUT2D eigenvalue weighted by Crippen LogP contribution is -2.08. The van der Waals surface area contributed by atoms with Gasteiger partial charge in [0.05, 0.1) is 0 Å². The molecule has 0 heterocycles. The summed E-state index contributed by atoms with van der Waals surface area (Å²) in [5, 5.41) is 0. The first-order valence-corrected chi connectivity index (χ1v) is 2.05. The molecule has 0 aliphatic heterocycles. The molecule has 5 heteroatoms. The Morgan fingerprint density at radius 3 is 1.67 bits per heavy atom. The van der Waals surface area contributed by atoms with Gasteiger partial charge in [-0.05, 0) is 6.42 Å². The van der Waals surface area contributed by atoms with Crippen LogP contribution in [0, 0.1) is 0 Å². The molecule has 2 N–H and O–H groups in total. The van der Waals surface area contributed by atoms with Crippen LogP contribution < -0.4 is 5.73 Å². The van der Waals surface area contributed by atoms with Gasteiger partial charge in [0.25, 0.3) is 0 Å². The predicted octanol–water partition coefficient (Wildman–Crippen LogP) is 1.54. The molecule has 0 aliphatic carbocycles. The Bertz CT molecular complexity index is 59.8. The molecule has 1 amide bonds. The van der Waals surface area contributed by atoms with E-state index in [1.54, 1.807) is 0 Å². The standard InChI is InChI=1S/C4H9NO.3ClH/c1-2-3-4(5)6;;;/h2-3H2,1H3,(H2,5,6);3*1H. The van der Waals surface area contributed by atoms with Crippen LogP contribution in [0.15, 0.2) is 0 Å². The fourth-order valence-electron chi connectivity index (χ4n) is 0.246. The Hall–Kier alpha value is 0.340. The lowest BCUT2D eigenvalue weighted by Gasteiger charge is -1.81. The summed E-state index contributed by atoms with van der Waals surface area (Å²) in [7, 11) is 0. The zero-order valence-corrected chi connectivity index (χ0v) is 7.57. The van der Waals surface area contributed by atoms with E-state index in [0.29, 0.717) is 6.42 Å². The van der Waals surface area contributed by atoms with Crippen molar-refractivity contribution in [3.05, 3.63) is 0 Å². The van der Waals surface area contributed by atoms with Crippen molar-refractivity contribution in [1.29, 1.82) is 0 Å². The topological polar surface area (TPSA) is 43.1 Å². The summed E-state index contributed by atoms with van der Waals surface area (Å²) >= 11 is 0. The Morgan fingerprint density at radius 2 is 1.67 bits per heavy atom. The van der Waals surface area contributed by atoms with Crippen LogP contribution in [0.4, 0.5) is 0 Å². The molecule has 9 heavy (non-hydrogen) atoms. The molecule has 0 aliphatic rings. The summed E-state index contributed by atoms with van der Waals surface area (Å²) in [4.78, 5) is 9.82. The average molecular weight is 197 g/mol. The van der Waals surface area contributed by atoms with Crippen LogP contribution >= 0.6 is 37.2 Å². The number of rotatable bonds is 2. The van der Waals surface area contributed by atoms with Gasteiger partial charge in [-0.1, -0.05) is 6.92 Å². The molecule has 2 nitrogen and oxygen atoms in total. The number of hydrogen-bond donors (Lipinski definition) is 1. The second kappa shape index (κ2) is 15.8. The molecule has 0 bridgehead atoms. The Morgan fingerprint density at radius 1 is 1.33 bits per heavy atom. The van der Waals surface area contributed by atoms with Crippen LogP contribution in [0.5, 0.6) is 0 Å². The minimum Gasteiger partial charge on any atom is -0.370 e. The van der Waals surface area contributed by atoms with Gasteiger partial charge in [-0.25, -0.2) is 0 Å². The van der Waals surface area contributed by atoms with Crippen molar-refractivity contribution >= 4 is 43.1 Å². The zero-order valence-electron chi connectivity index (χ0n) is 5.12. The SMILES string of the molecule is CCCC(N)=O.Cl.Cl.Cl. The van der Waals surface area contributed by atoms with E-state index in [9.17, 15) is 4.79 Å². The van der Waals surface area contributed by atoms with Crippen LogP contribution in [0.25, 0.3) is 0 Å². The first-order valence-electron chi connectivity index (χ1n) is 2.05. The minimum atomic E-state index is -0.211. The molecule has 0 aromatic carbocycles. The Kier molecular flexibility index (Phi) is 39.9. The highest BCUT2D eigenvalue weighted by atomic mass is 35.5. The van der Waals surface area contributed by atoms with Gasteiger partial charge in [0, 0.05) is 6.42 Å². The molecule has 0 spiro atoms. The Balaban J connectivity index is -0.0000000417. The summed E-state index contributed by atoms with van der Waals surface area (Å²) in [6, 6.07) is 0. The Labute approximate surface area is 73.8 Å². The van der Waals surface area contributed by atoms with Crippen molar-refractivity contribution in [3.63, 3.8) is 0 Å². The van der Waals surface area contributed by atoms with Gasteiger partial charge in [-0.15, -0.1) is 37.2 Å². The van der Waals surface area contributed by atoms with E-state index in [4.69, 9.17) is 5.73 Å². The summed E-state index contributed by atoms with van der Waals surface area (Å²) in [6.07, 6.45) is 1.37. The monoisotopic (exact) mass is 195 g/mol. The maximum Gasteiger partial charge on any atom is 0.217 e. The normalized spacial score (nSPS) is 5.44. The lowest BCUT2D eigenvalue weighted by molar-refractivity contribution is -0.118. The minimum absolute atomic E-state index is 0. The van der Waals surface area contributed by atoms with Crippen LogP contribution in [-0.4, -0.2) is 5.91 Å². The van der Waals surface area contributed by atoms with Gasteiger partial charge >= 0.3 is 0 Å². The van der Waals surface area contributed by atoms with Crippen molar-refractivity contribution in [2.24, 2.45) is 5.73 Å². The number of carbonyl (C=O) groups excluding carboxylic acids is 1. The summed E-state index contributed by atoms with van der Waals surface area (Å²) in [5.74, 6) is -0.211. The summed E-state index contributed by atoms with van der Waals surface area (Å²) < 4.78 is 0. The van der Waals surface area contributed by atoms with Gasteiger partial charge in [0.15, 0.2) is 0 Å². The van der Waals surface area contributed by atoms with E-state index in [-0.39, 0.29) is 43.1 Å². The van der Waals surface area contributed by atoms with E-state index >= 15 is 0 Å². The smallest absolute Gasteiger partial charge is 0.217 e. The van der Waals surface area contributed by atoms with Gasteiger partial charge in [-0.3, -0.25) is 4.79 Å². The molecule has 0 rings (SSSR count). The lowest BCUT2D eigenvalue weighted by atomic mass is 10.3. The van der Waals surface area contributed by atoms with E-state index in [2.05, 4.69) is 0 Å². The van der Waals surface area contributed by atoms with Crippen molar-refractivity contribution in [2.75, 3.05) is 0 Å². The highest BCUT2D eigenvalue weighted by Gasteiger charge is 1.84. The molecule has 0 saturated heterocycles. The third-order valence-electron chi connectivity index (χ3n) is 0.496. The van der Waals surface area contributed by atoms with E-state index < -0.39 is 0 Å². The highest BCUT2D eigenvalue weighted by molar-refractivity contribution is 5.86. The number of hydrogen-bond acceptors (Lipinski definition) is 1. The fourth-order valence-corrected chi connectivity index (χ4v) is 0.246. The summed E-state index contributed by atoms with van der Waals surface area (Å²) in [5.41, 5.74) is 4.76. The maximum atomic E-state index is 9.82. The quantitative estimate of drug-likeness (QED) is 0.715. The van der Waals surface area contributed by atoms with E-state index in [0.717, 1.165) is 6.42 Å². The second-order valence-electron chi connectivity index (χ2n) is 1.22. The summed E-state index contributed by atoms with van der Waals surface area (Å²) in [6.45, 7) is 1.92. The van der Waals surface area contributed by atoms with Crippen molar-refractivity contribution in [3.8, 4) is 0 Å². The predicted molar refractivity (Wildman–Crippen MR) is 45.8 cm³/mol. The molecule has 0 fully saturated rings. The molecule has 60 valence electrons. The fraction of sp³-hybridized carbons (Fsp3) is 0.750. The molecule has 0 atom stereocenters. The largest absolute Gasteiger partial charge is 0.370 e. The first kappa shape index (κ1) is 22.8. The van der Waals surface area contributed by atoms with Crippen LogP contribution in [0.2, 0.25) is 0 Å². The molecule has 0 saturated carbocycles. The molecule has 0 aromatic heterocycles. The number of halogens is 3. The van der Waals surface area contributed by atoms with Crippen LogP contribution in [0.1, 0.15) is 19.8 Å². The number of primary amides is 1. The van der Waals surface area contributed by atoms with E-state index in [1.807, 2.05) is 6.92 Å². The second-order valence-corrected chi connectivity index (χ2v) is 1.22. The average Bonchev–Trinajstić information content (AvgIpc) is 1.35. The highest BCUT2D eigenvalue weighted by Crippen LogP contribution is 1.79. The molecular formula is C4H12Cl3NO. The number of nitrogens with two attached hydrogens (primary N) is 1. The third-order valence-corrected chi connectivity index (χ3v) is 0.496. The van der Waals surface area contributed by atoms with Gasteiger partial charge in [-0.2, -0.15) is 0 Å². The molecular weight excluding hydrogens is 184 g/mol. The van der Waals surface area contributed by atoms with Crippen LogP contribution in [-0.2, 0) is 4.79 Å². The van der Waals surface area contributed by atoms with Gasteiger partial charge < -0.3 is 5.73 Å². The van der Waals surface area contributed by atoms with Gasteiger partial charge in [0.1, 0.15) is 0 Å². The molecule has 0 unspecified atom stereocenters. The van der Waals surface area contributed by atoms with Crippen LogP contribution in [0.3, 0.4) is 0 Å². The molecule has 0 aromatic rings. The van der Waals surface area contributed by atoms with Gasteiger partial charge in [0.2, 0.25) is 5.91 Å². The third kappa shape index (κ3) is 30.1. The number of carbonyl (C=O) groups is 1. The maximum absolute atomic E-state index is 9.82.